The van der Waals surface area contributed by atoms with Gasteiger partial charge in [0.1, 0.15) is 5.82 Å². The Kier molecular flexibility index (Phi) is 10.7. The molecule has 210 valence electrons. The van der Waals surface area contributed by atoms with Crippen LogP contribution in [0.3, 0.4) is 0 Å². The molecule has 0 spiro atoms. The fourth-order valence-corrected chi connectivity index (χ4v) is 10.3. The van der Waals surface area contributed by atoms with E-state index in [1.165, 1.54) is 57.1 Å². The van der Waals surface area contributed by atoms with Crippen LogP contribution in [0.4, 0.5) is 22.0 Å². The quantitative estimate of drug-likeness (QED) is 0.153. The van der Waals surface area contributed by atoms with E-state index in [1.54, 1.807) is 18.1 Å². The van der Waals surface area contributed by atoms with Crippen molar-refractivity contribution in [2.24, 2.45) is 11.8 Å². The average molecular weight is 553 g/mol. The highest BCUT2D eigenvalue weighted by molar-refractivity contribution is 6.58. The van der Waals surface area contributed by atoms with Gasteiger partial charge in [-0.1, -0.05) is 82.1 Å². The van der Waals surface area contributed by atoms with Crippen LogP contribution in [0.1, 0.15) is 89.0 Å². The Bertz CT molecular complexity index is 1010. The second kappa shape index (κ2) is 13.9. The summed E-state index contributed by atoms with van der Waals surface area (Å²) >= 11 is 0. The summed E-state index contributed by atoms with van der Waals surface area (Å²) in [4.78, 5) is 0. The Labute approximate surface area is 225 Å². The van der Waals surface area contributed by atoms with Crippen LogP contribution in [0.2, 0.25) is 18.1 Å². The predicted molar refractivity (Wildman–Crippen MR) is 146 cm³/mol. The molecule has 2 aromatic rings. The van der Waals surface area contributed by atoms with Gasteiger partial charge >= 0.3 is 6.61 Å². The largest absolute Gasteiger partial charge is 0.429 e. The molecule has 0 radical (unpaired) electrons. The van der Waals surface area contributed by atoms with Gasteiger partial charge in [-0.15, -0.1) is 0 Å². The van der Waals surface area contributed by atoms with Crippen molar-refractivity contribution in [1.29, 1.82) is 0 Å². The number of hydrogen-bond acceptors (Lipinski definition) is 1. The fraction of sp³-hybridized carbons (Fsp3) is 0.613. The van der Waals surface area contributed by atoms with Gasteiger partial charge in [0, 0.05) is 14.4 Å². The molecule has 0 atom stereocenters. The number of halogens is 5. The van der Waals surface area contributed by atoms with Crippen molar-refractivity contribution >= 4 is 8.80 Å². The maximum absolute atomic E-state index is 15.0. The van der Waals surface area contributed by atoms with E-state index in [1.807, 2.05) is 6.07 Å². The van der Waals surface area contributed by atoms with Crippen LogP contribution in [-0.2, 0) is 0 Å². The van der Waals surface area contributed by atoms with Gasteiger partial charge in [-0.25, -0.2) is 13.2 Å². The Morgan fingerprint density at radius 3 is 2.03 bits per heavy atom. The van der Waals surface area contributed by atoms with Gasteiger partial charge in [-0.2, -0.15) is 8.78 Å². The van der Waals surface area contributed by atoms with Crippen molar-refractivity contribution in [2.75, 3.05) is 0 Å². The van der Waals surface area contributed by atoms with Crippen molar-refractivity contribution in [3.63, 3.8) is 0 Å². The van der Waals surface area contributed by atoms with Crippen molar-refractivity contribution in [1.82, 2.24) is 0 Å². The normalized spacial score (nSPS) is 24.1. The minimum atomic E-state index is -3.35. The Balaban J connectivity index is 1.25. The standard InChI is InChI=1S/C31H41F5OSi/c1-2-3-4-15-38-16-13-22(14-17-38)6-5-21-7-9-23(10-8-21)24-11-12-26(27(32)18-24)25-19-28(33)30(29(34)20-25)37-31(35)36/h11-12,18-23,31,38H,2-10,13-17H2,1H3. The maximum atomic E-state index is 15.0. The van der Waals surface area contributed by atoms with Crippen molar-refractivity contribution < 1.29 is 26.7 Å². The lowest BCUT2D eigenvalue weighted by Crippen LogP contribution is -2.22. The van der Waals surface area contributed by atoms with Crippen LogP contribution in [0.5, 0.6) is 5.75 Å². The minimum Gasteiger partial charge on any atom is -0.429 e. The van der Waals surface area contributed by atoms with E-state index in [0.29, 0.717) is 0 Å². The first-order valence-electron chi connectivity index (χ1n) is 14.6. The fourth-order valence-electron chi connectivity index (χ4n) is 6.68. The molecular weight excluding hydrogens is 511 g/mol. The molecular formula is C31H41F5OSi. The lowest BCUT2D eigenvalue weighted by atomic mass is 9.76. The molecule has 0 amide bonds. The van der Waals surface area contributed by atoms with Gasteiger partial charge in [0.25, 0.3) is 0 Å². The lowest BCUT2D eigenvalue weighted by Gasteiger charge is -2.32. The molecule has 0 N–H and O–H groups in total. The Hall–Kier alpha value is -1.89. The van der Waals surface area contributed by atoms with Gasteiger partial charge in [0.2, 0.25) is 0 Å². The van der Waals surface area contributed by atoms with Crippen LogP contribution in [-0.4, -0.2) is 15.4 Å². The summed E-state index contributed by atoms with van der Waals surface area (Å²) in [5.41, 5.74) is 0.897. The highest BCUT2D eigenvalue weighted by Crippen LogP contribution is 2.41. The third-order valence-electron chi connectivity index (χ3n) is 8.99. The zero-order chi connectivity index (χ0) is 27.1. The highest BCUT2D eigenvalue weighted by atomic mass is 28.3. The molecule has 0 bridgehead atoms. The van der Waals surface area contributed by atoms with Crippen molar-refractivity contribution in [3.05, 3.63) is 53.3 Å². The highest BCUT2D eigenvalue weighted by Gasteiger charge is 2.26. The predicted octanol–water partition coefficient (Wildman–Crippen LogP) is 10.3. The first-order valence-corrected chi connectivity index (χ1v) is 17.0. The summed E-state index contributed by atoms with van der Waals surface area (Å²) in [5.74, 6) is -2.33. The zero-order valence-electron chi connectivity index (χ0n) is 22.5. The SMILES string of the molecule is CCCCC[SiH]1CCC(CCC2CCC(c3ccc(-c4cc(F)c(OC(F)F)c(F)c4)c(F)c3)CC2)CC1. The molecule has 2 aliphatic rings. The number of ether oxygens (including phenoxy) is 1. The topological polar surface area (TPSA) is 9.23 Å². The second-order valence-electron chi connectivity index (χ2n) is 11.6. The molecule has 1 aliphatic carbocycles. The molecule has 1 nitrogen and oxygen atoms in total. The summed E-state index contributed by atoms with van der Waals surface area (Å²) in [5, 5.41) is 0. The molecule has 1 aliphatic heterocycles. The van der Waals surface area contributed by atoms with Crippen LogP contribution < -0.4 is 4.74 Å². The van der Waals surface area contributed by atoms with Crippen molar-refractivity contribution in [2.45, 2.75) is 108 Å². The number of benzene rings is 2. The first kappa shape index (κ1) is 29.1. The Morgan fingerprint density at radius 1 is 0.816 bits per heavy atom. The summed E-state index contributed by atoms with van der Waals surface area (Å²) < 4.78 is 71.9. The molecule has 1 saturated carbocycles. The third-order valence-corrected chi connectivity index (χ3v) is 12.5. The molecule has 1 heterocycles. The molecule has 1 saturated heterocycles. The monoisotopic (exact) mass is 552 g/mol. The van der Waals surface area contributed by atoms with Crippen LogP contribution in [0.15, 0.2) is 30.3 Å². The molecule has 0 aromatic heterocycles. The lowest BCUT2D eigenvalue weighted by molar-refractivity contribution is -0.0546. The smallest absolute Gasteiger partial charge is 0.387 e. The van der Waals surface area contributed by atoms with E-state index in [2.05, 4.69) is 11.7 Å². The minimum absolute atomic E-state index is 0.0342. The van der Waals surface area contributed by atoms with Gasteiger partial charge < -0.3 is 4.74 Å². The molecule has 38 heavy (non-hydrogen) atoms. The van der Waals surface area contributed by atoms with Crippen molar-refractivity contribution in [3.8, 4) is 16.9 Å². The Morgan fingerprint density at radius 2 is 1.45 bits per heavy atom. The molecule has 7 heteroatoms. The van der Waals surface area contributed by atoms with E-state index >= 15 is 0 Å². The number of unbranched alkanes of at least 4 members (excludes halogenated alkanes) is 2. The molecule has 2 fully saturated rings. The van der Waals surface area contributed by atoms with Gasteiger partial charge in [0.15, 0.2) is 17.4 Å². The number of hydrogen-bond donors (Lipinski definition) is 0. The van der Waals surface area contributed by atoms with E-state index in [-0.39, 0.29) is 17.0 Å². The first-order chi connectivity index (χ1) is 18.3. The molecule has 0 unspecified atom stereocenters. The second-order valence-corrected chi connectivity index (χ2v) is 15.0. The summed E-state index contributed by atoms with van der Waals surface area (Å²) in [7, 11) is -0.440. The van der Waals surface area contributed by atoms with Crippen LogP contribution in [0.25, 0.3) is 11.1 Å². The van der Waals surface area contributed by atoms with Crippen LogP contribution in [0, 0.1) is 29.3 Å². The van der Waals surface area contributed by atoms with E-state index < -0.39 is 38.6 Å². The maximum Gasteiger partial charge on any atom is 0.387 e. The third kappa shape index (κ3) is 7.83. The van der Waals surface area contributed by atoms with E-state index in [9.17, 15) is 22.0 Å². The van der Waals surface area contributed by atoms with Crippen LogP contribution >= 0.6 is 0 Å². The molecule has 4 rings (SSSR count). The van der Waals surface area contributed by atoms with E-state index in [4.69, 9.17) is 0 Å². The summed E-state index contributed by atoms with van der Waals surface area (Å²) in [6.45, 7) is -1.06. The summed E-state index contributed by atoms with van der Waals surface area (Å²) in [6.07, 6.45) is 14.2. The number of alkyl halides is 2. The van der Waals surface area contributed by atoms with E-state index in [0.717, 1.165) is 55.2 Å². The zero-order valence-corrected chi connectivity index (χ0v) is 23.6. The average Bonchev–Trinajstić information content (AvgIpc) is 2.90. The van der Waals surface area contributed by atoms with Gasteiger partial charge in [-0.3, -0.25) is 0 Å². The number of rotatable bonds is 11. The van der Waals surface area contributed by atoms with Gasteiger partial charge in [0.05, 0.1) is 0 Å². The summed E-state index contributed by atoms with van der Waals surface area (Å²) in [6, 6.07) is 11.1. The molecule has 2 aromatic carbocycles. The van der Waals surface area contributed by atoms with Gasteiger partial charge in [-0.05, 0) is 72.8 Å².